The van der Waals surface area contributed by atoms with Crippen LogP contribution in [0.3, 0.4) is 0 Å². The molecular formula is C14H14BrNO2. The fourth-order valence-electron chi connectivity index (χ4n) is 2.05. The lowest BCUT2D eigenvalue weighted by molar-refractivity contribution is 0.0697. The minimum absolute atomic E-state index is 0.370. The number of carbonyl (C=O) groups is 1. The third-order valence-electron chi connectivity index (χ3n) is 2.75. The molecule has 4 heteroatoms. The number of pyridine rings is 1. The summed E-state index contributed by atoms with van der Waals surface area (Å²) in [6.07, 6.45) is 2.40. The number of aromatic nitrogens is 1. The minimum Gasteiger partial charge on any atom is -0.478 e. The summed E-state index contributed by atoms with van der Waals surface area (Å²) in [4.78, 5) is 15.8. The molecule has 1 heterocycles. The molecule has 0 aliphatic heterocycles. The van der Waals surface area contributed by atoms with Crippen LogP contribution in [0.5, 0.6) is 0 Å². The van der Waals surface area contributed by atoms with Gasteiger partial charge in [-0.1, -0.05) is 29.8 Å². The van der Waals surface area contributed by atoms with Crippen molar-refractivity contribution in [2.45, 2.75) is 20.3 Å². The van der Waals surface area contributed by atoms with Crippen molar-refractivity contribution in [2.24, 2.45) is 5.92 Å². The fraction of sp³-hybridized carbons (Fsp3) is 0.286. The summed E-state index contributed by atoms with van der Waals surface area (Å²) >= 11 is 3.37. The van der Waals surface area contributed by atoms with E-state index in [0.717, 1.165) is 16.5 Å². The molecule has 0 unspecified atom stereocenters. The molecule has 0 atom stereocenters. The van der Waals surface area contributed by atoms with E-state index in [2.05, 4.69) is 34.8 Å². The van der Waals surface area contributed by atoms with Gasteiger partial charge in [-0.05, 0) is 36.1 Å². The van der Waals surface area contributed by atoms with Crippen LogP contribution in [0.15, 0.2) is 28.9 Å². The van der Waals surface area contributed by atoms with E-state index in [1.807, 2.05) is 18.2 Å². The van der Waals surface area contributed by atoms with Gasteiger partial charge in [0.25, 0.3) is 0 Å². The molecule has 0 aliphatic carbocycles. The van der Waals surface area contributed by atoms with Crippen molar-refractivity contribution >= 4 is 32.8 Å². The molecule has 0 amide bonds. The SMILES string of the molecule is CC(C)Cc1cnc2ccc(Br)cc2c1C(=O)O. The van der Waals surface area contributed by atoms with Gasteiger partial charge in [-0.2, -0.15) is 0 Å². The van der Waals surface area contributed by atoms with Crippen molar-refractivity contribution in [3.05, 3.63) is 40.0 Å². The van der Waals surface area contributed by atoms with Crippen LogP contribution >= 0.6 is 15.9 Å². The fourth-order valence-corrected chi connectivity index (χ4v) is 2.41. The Morgan fingerprint density at radius 2 is 2.17 bits per heavy atom. The molecule has 1 aromatic heterocycles. The van der Waals surface area contributed by atoms with E-state index in [4.69, 9.17) is 0 Å². The first kappa shape index (κ1) is 13.0. The van der Waals surface area contributed by atoms with Crippen LogP contribution in [-0.4, -0.2) is 16.1 Å². The molecule has 18 heavy (non-hydrogen) atoms. The van der Waals surface area contributed by atoms with E-state index in [9.17, 15) is 9.90 Å². The predicted molar refractivity (Wildman–Crippen MR) is 74.9 cm³/mol. The van der Waals surface area contributed by atoms with E-state index in [0.29, 0.717) is 22.4 Å². The molecule has 1 aromatic carbocycles. The van der Waals surface area contributed by atoms with Gasteiger partial charge in [0.2, 0.25) is 0 Å². The van der Waals surface area contributed by atoms with Gasteiger partial charge in [0.15, 0.2) is 0 Å². The summed E-state index contributed by atoms with van der Waals surface area (Å²) < 4.78 is 0.862. The quantitative estimate of drug-likeness (QED) is 0.935. The molecule has 2 rings (SSSR count). The molecule has 0 aliphatic rings. The summed E-state index contributed by atoms with van der Waals surface area (Å²) in [5.41, 5.74) is 1.88. The Labute approximate surface area is 114 Å². The standard InChI is InChI=1S/C14H14BrNO2/c1-8(2)5-9-7-16-12-4-3-10(15)6-11(12)13(9)14(17)18/h3-4,6-8H,5H2,1-2H3,(H,17,18). The van der Waals surface area contributed by atoms with Crippen LogP contribution < -0.4 is 0 Å². The number of hydrogen-bond acceptors (Lipinski definition) is 2. The van der Waals surface area contributed by atoms with Crippen LogP contribution in [0.25, 0.3) is 10.9 Å². The van der Waals surface area contributed by atoms with Crippen molar-refractivity contribution in [3.8, 4) is 0 Å². The van der Waals surface area contributed by atoms with Gasteiger partial charge >= 0.3 is 5.97 Å². The average Bonchev–Trinajstić information content (AvgIpc) is 2.26. The maximum atomic E-state index is 11.5. The number of hydrogen-bond donors (Lipinski definition) is 1. The normalized spacial score (nSPS) is 11.1. The topological polar surface area (TPSA) is 50.2 Å². The van der Waals surface area contributed by atoms with Crippen LogP contribution in [0, 0.1) is 5.92 Å². The molecule has 2 aromatic rings. The van der Waals surface area contributed by atoms with E-state index in [1.54, 1.807) is 6.20 Å². The number of aromatic carboxylic acids is 1. The summed E-state index contributed by atoms with van der Waals surface area (Å²) in [5.74, 6) is -0.495. The van der Waals surface area contributed by atoms with Crippen molar-refractivity contribution in [2.75, 3.05) is 0 Å². The van der Waals surface area contributed by atoms with Crippen LogP contribution in [0.4, 0.5) is 0 Å². The maximum Gasteiger partial charge on any atom is 0.336 e. The number of rotatable bonds is 3. The number of halogens is 1. The summed E-state index contributed by atoms with van der Waals surface area (Å²) in [6, 6.07) is 5.50. The summed E-state index contributed by atoms with van der Waals surface area (Å²) in [5, 5.41) is 10.1. The molecule has 0 bridgehead atoms. The molecule has 0 saturated carbocycles. The third-order valence-corrected chi connectivity index (χ3v) is 3.24. The van der Waals surface area contributed by atoms with Gasteiger partial charge < -0.3 is 5.11 Å². The van der Waals surface area contributed by atoms with Gasteiger partial charge in [0, 0.05) is 16.1 Å². The Balaban J connectivity index is 2.72. The van der Waals surface area contributed by atoms with E-state index < -0.39 is 5.97 Å². The van der Waals surface area contributed by atoms with Crippen LogP contribution in [0.2, 0.25) is 0 Å². The smallest absolute Gasteiger partial charge is 0.336 e. The first-order chi connectivity index (χ1) is 8.49. The summed E-state index contributed by atoms with van der Waals surface area (Å²) in [6.45, 7) is 4.13. The van der Waals surface area contributed by atoms with Crippen LogP contribution in [0.1, 0.15) is 29.8 Å². The first-order valence-corrected chi connectivity index (χ1v) is 6.58. The van der Waals surface area contributed by atoms with E-state index >= 15 is 0 Å². The first-order valence-electron chi connectivity index (χ1n) is 5.79. The zero-order valence-electron chi connectivity index (χ0n) is 10.3. The molecule has 1 N–H and O–H groups in total. The minimum atomic E-state index is -0.892. The zero-order valence-corrected chi connectivity index (χ0v) is 11.9. The number of nitrogens with zero attached hydrogens (tertiary/aromatic N) is 1. The highest BCUT2D eigenvalue weighted by atomic mass is 79.9. The Morgan fingerprint density at radius 1 is 1.44 bits per heavy atom. The molecule has 94 valence electrons. The molecule has 3 nitrogen and oxygen atoms in total. The lowest BCUT2D eigenvalue weighted by Gasteiger charge is -2.11. The number of carboxylic acids is 1. The van der Waals surface area contributed by atoms with Crippen molar-refractivity contribution in [3.63, 3.8) is 0 Å². The Hall–Kier alpha value is -1.42. The highest BCUT2D eigenvalue weighted by Gasteiger charge is 2.16. The van der Waals surface area contributed by atoms with E-state index in [1.165, 1.54) is 0 Å². The van der Waals surface area contributed by atoms with Gasteiger partial charge in [-0.15, -0.1) is 0 Å². The molecule has 0 fully saturated rings. The Bertz CT molecular complexity index is 608. The molecular weight excluding hydrogens is 294 g/mol. The lowest BCUT2D eigenvalue weighted by Crippen LogP contribution is -2.07. The monoisotopic (exact) mass is 307 g/mol. The lowest BCUT2D eigenvalue weighted by atomic mass is 9.97. The largest absolute Gasteiger partial charge is 0.478 e. The van der Waals surface area contributed by atoms with Gasteiger partial charge in [0.05, 0.1) is 11.1 Å². The maximum absolute atomic E-state index is 11.5. The second kappa shape index (κ2) is 5.06. The van der Waals surface area contributed by atoms with Gasteiger partial charge in [0.1, 0.15) is 0 Å². The number of benzene rings is 1. The average molecular weight is 308 g/mol. The zero-order chi connectivity index (χ0) is 13.3. The second-order valence-corrected chi connectivity index (χ2v) is 5.64. The predicted octanol–water partition coefficient (Wildman–Crippen LogP) is 3.89. The third kappa shape index (κ3) is 2.53. The summed E-state index contributed by atoms with van der Waals surface area (Å²) in [7, 11) is 0. The Kier molecular flexibility index (Phi) is 3.66. The van der Waals surface area contributed by atoms with Gasteiger partial charge in [-0.25, -0.2) is 4.79 Å². The molecule has 0 radical (unpaired) electrons. The molecule has 0 saturated heterocycles. The van der Waals surface area contributed by atoms with Crippen molar-refractivity contribution in [1.82, 2.24) is 4.98 Å². The van der Waals surface area contributed by atoms with Crippen molar-refractivity contribution < 1.29 is 9.90 Å². The van der Waals surface area contributed by atoms with Crippen molar-refractivity contribution in [1.29, 1.82) is 0 Å². The number of carboxylic acid groups (broad SMARTS) is 1. The van der Waals surface area contributed by atoms with Gasteiger partial charge in [-0.3, -0.25) is 4.98 Å². The Morgan fingerprint density at radius 3 is 2.78 bits per heavy atom. The second-order valence-electron chi connectivity index (χ2n) is 4.72. The van der Waals surface area contributed by atoms with Crippen LogP contribution in [-0.2, 0) is 6.42 Å². The molecule has 0 spiro atoms. The van der Waals surface area contributed by atoms with E-state index in [-0.39, 0.29) is 0 Å². The highest BCUT2D eigenvalue weighted by molar-refractivity contribution is 9.10. The highest BCUT2D eigenvalue weighted by Crippen LogP contribution is 2.25. The number of fused-ring (bicyclic) bond motifs is 1.